The molecule has 17 heavy (non-hydrogen) atoms. The molecule has 0 heterocycles. The van der Waals surface area contributed by atoms with Gasteiger partial charge in [0, 0.05) is 0 Å². The van der Waals surface area contributed by atoms with Crippen LogP contribution < -0.4 is 0 Å². The third-order valence-electron chi connectivity index (χ3n) is 2.79. The van der Waals surface area contributed by atoms with Crippen LogP contribution in [-0.4, -0.2) is 27.0 Å². The molecule has 0 amide bonds. The number of hydrogen-bond donors (Lipinski definition) is 0. The predicted molar refractivity (Wildman–Crippen MR) is 73.4 cm³/mol. The van der Waals surface area contributed by atoms with Gasteiger partial charge in [0.05, 0.1) is 18.6 Å². The molecule has 0 saturated carbocycles. The van der Waals surface area contributed by atoms with Crippen LogP contribution in [0.2, 0.25) is 19.6 Å². The van der Waals surface area contributed by atoms with E-state index in [1.54, 1.807) is 0 Å². The van der Waals surface area contributed by atoms with Crippen LogP contribution in [0.3, 0.4) is 0 Å². The number of carbonyl (C=O) groups is 1. The van der Waals surface area contributed by atoms with Crippen LogP contribution in [0.25, 0.3) is 0 Å². The van der Waals surface area contributed by atoms with Gasteiger partial charge in [0.1, 0.15) is 0 Å². The smallest absolute Gasteiger partial charge is 0.311 e. The molecule has 100 valence electrons. The summed E-state index contributed by atoms with van der Waals surface area (Å²) in [5, 5.41) is 0. The molecule has 3 nitrogen and oxygen atoms in total. The van der Waals surface area contributed by atoms with Crippen molar-refractivity contribution in [3.8, 4) is 0 Å². The lowest BCUT2D eigenvalue weighted by atomic mass is 9.86. The molecule has 0 aliphatic carbocycles. The second-order valence-corrected chi connectivity index (χ2v) is 9.70. The van der Waals surface area contributed by atoms with Gasteiger partial charge in [-0.1, -0.05) is 19.1 Å². The van der Waals surface area contributed by atoms with Crippen molar-refractivity contribution in [3.05, 3.63) is 12.2 Å². The highest BCUT2D eigenvalue weighted by atomic mass is 28.4. The lowest BCUT2D eigenvalue weighted by molar-refractivity contribution is -0.151. The summed E-state index contributed by atoms with van der Waals surface area (Å²) in [6.45, 7) is 12.2. The maximum atomic E-state index is 11.8. The number of carbonyl (C=O) groups excluding carboxylic acids is 1. The lowest BCUT2D eigenvalue weighted by Gasteiger charge is -2.39. The topological polar surface area (TPSA) is 35.5 Å². The minimum Gasteiger partial charge on any atom is -0.469 e. The highest BCUT2D eigenvalue weighted by Gasteiger charge is 2.41. The van der Waals surface area contributed by atoms with Crippen LogP contribution in [0.5, 0.6) is 0 Å². The van der Waals surface area contributed by atoms with Crippen molar-refractivity contribution >= 4 is 14.3 Å². The fourth-order valence-corrected chi connectivity index (χ4v) is 3.52. The second-order valence-electron chi connectivity index (χ2n) is 5.27. The molecule has 2 unspecified atom stereocenters. The van der Waals surface area contributed by atoms with Crippen LogP contribution >= 0.6 is 0 Å². The van der Waals surface area contributed by atoms with E-state index >= 15 is 0 Å². The van der Waals surface area contributed by atoms with Crippen molar-refractivity contribution in [1.29, 1.82) is 0 Å². The Morgan fingerprint density at radius 2 is 1.94 bits per heavy atom. The Balaban J connectivity index is 5.28. The van der Waals surface area contributed by atoms with Crippen molar-refractivity contribution < 1.29 is 14.0 Å². The first-order chi connectivity index (χ1) is 7.72. The van der Waals surface area contributed by atoms with Gasteiger partial charge in [0.25, 0.3) is 0 Å². The monoisotopic (exact) mass is 258 g/mol. The Bertz CT molecular complexity index is 281. The summed E-state index contributed by atoms with van der Waals surface area (Å²) in [7, 11) is -0.311. The normalized spacial score (nSPS) is 17.8. The van der Waals surface area contributed by atoms with E-state index in [2.05, 4.69) is 19.6 Å². The third-order valence-corrected chi connectivity index (χ3v) is 3.78. The predicted octanol–water partition coefficient (Wildman–Crippen LogP) is 3.37. The zero-order valence-corrected chi connectivity index (χ0v) is 13.2. The Kier molecular flexibility index (Phi) is 6.13. The Morgan fingerprint density at radius 3 is 2.24 bits per heavy atom. The van der Waals surface area contributed by atoms with Crippen LogP contribution in [-0.2, 0) is 14.0 Å². The van der Waals surface area contributed by atoms with Crippen molar-refractivity contribution in [2.75, 3.05) is 7.11 Å². The van der Waals surface area contributed by atoms with Gasteiger partial charge in [0.15, 0.2) is 8.32 Å². The minimum atomic E-state index is -1.73. The van der Waals surface area contributed by atoms with Crippen molar-refractivity contribution in [2.45, 2.75) is 52.4 Å². The van der Waals surface area contributed by atoms with E-state index in [1.165, 1.54) is 7.11 Å². The summed E-state index contributed by atoms with van der Waals surface area (Å²) in [4.78, 5) is 11.8. The summed E-state index contributed by atoms with van der Waals surface area (Å²) in [6, 6.07) is 0. The molecule has 0 saturated heterocycles. The number of ether oxygens (including phenoxy) is 1. The van der Waals surface area contributed by atoms with E-state index in [9.17, 15) is 4.79 Å². The van der Waals surface area contributed by atoms with E-state index in [0.29, 0.717) is 0 Å². The van der Waals surface area contributed by atoms with Crippen molar-refractivity contribution in [2.24, 2.45) is 5.92 Å². The van der Waals surface area contributed by atoms with E-state index in [0.717, 1.165) is 6.42 Å². The van der Waals surface area contributed by atoms with Crippen LogP contribution in [0.1, 0.15) is 27.2 Å². The summed E-state index contributed by atoms with van der Waals surface area (Å²) in [5.41, 5.74) is -0.535. The molecule has 0 aliphatic heterocycles. The molecule has 0 radical (unpaired) electrons. The average Bonchev–Trinajstić information content (AvgIpc) is 2.24. The van der Waals surface area contributed by atoms with Crippen LogP contribution in [0.4, 0.5) is 0 Å². The van der Waals surface area contributed by atoms with E-state index < -0.39 is 13.9 Å². The summed E-state index contributed by atoms with van der Waals surface area (Å²) in [6.07, 6.45) is 4.70. The number of esters is 1. The zero-order valence-electron chi connectivity index (χ0n) is 12.2. The van der Waals surface area contributed by atoms with Gasteiger partial charge in [-0.2, -0.15) is 0 Å². The molecule has 0 aromatic rings. The molecule has 0 aromatic carbocycles. The molecule has 0 spiro atoms. The first-order valence-electron chi connectivity index (χ1n) is 6.14. The van der Waals surface area contributed by atoms with Crippen LogP contribution in [0, 0.1) is 5.92 Å². The molecule has 0 fully saturated rings. The highest BCUT2D eigenvalue weighted by molar-refractivity contribution is 6.69. The van der Waals surface area contributed by atoms with Crippen LogP contribution in [0.15, 0.2) is 12.2 Å². The summed E-state index contributed by atoms with van der Waals surface area (Å²) < 4.78 is 11.1. The van der Waals surface area contributed by atoms with Gasteiger partial charge in [-0.15, -0.1) is 0 Å². The quantitative estimate of drug-likeness (QED) is 0.416. The maximum absolute atomic E-state index is 11.8. The fraction of sp³-hybridized carbons (Fsp3) is 0.769. The minimum absolute atomic E-state index is 0.219. The van der Waals surface area contributed by atoms with E-state index in [4.69, 9.17) is 9.16 Å². The molecular formula is C13H26O3Si. The van der Waals surface area contributed by atoms with E-state index in [-0.39, 0.29) is 11.9 Å². The van der Waals surface area contributed by atoms with Crippen molar-refractivity contribution in [1.82, 2.24) is 0 Å². The van der Waals surface area contributed by atoms with Gasteiger partial charge >= 0.3 is 5.97 Å². The average molecular weight is 258 g/mol. The number of rotatable bonds is 6. The van der Waals surface area contributed by atoms with Gasteiger partial charge in [-0.05, 0) is 39.9 Å². The lowest BCUT2D eigenvalue weighted by Crippen LogP contribution is -2.48. The van der Waals surface area contributed by atoms with E-state index in [1.807, 2.05) is 32.9 Å². The molecule has 4 heteroatoms. The maximum Gasteiger partial charge on any atom is 0.311 e. The standard InChI is InChI=1S/C13H26O3Si/c1-8-10-13(9-2,16-17(5,6)7)11(3)12(14)15-4/h8,10-11H,9H2,1-7H3/b10-8+. The zero-order chi connectivity index (χ0) is 13.7. The molecule has 0 aromatic heterocycles. The van der Waals surface area contributed by atoms with Gasteiger partial charge in [-0.3, -0.25) is 4.79 Å². The molecule has 0 aliphatic rings. The van der Waals surface area contributed by atoms with Gasteiger partial charge in [-0.25, -0.2) is 0 Å². The summed E-state index contributed by atoms with van der Waals surface area (Å²) >= 11 is 0. The Labute approximate surface area is 106 Å². The van der Waals surface area contributed by atoms with Gasteiger partial charge in [0.2, 0.25) is 0 Å². The first-order valence-corrected chi connectivity index (χ1v) is 9.55. The Morgan fingerprint density at radius 1 is 1.41 bits per heavy atom. The SMILES string of the molecule is C/C=C/C(CC)(O[Si](C)(C)C)C(C)C(=O)OC. The molecular weight excluding hydrogens is 232 g/mol. The number of hydrogen-bond acceptors (Lipinski definition) is 3. The van der Waals surface area contributed by atoms with Gasteiger partial charge < -0.3 is 9.16 Å². The largest absolute Gasteiger partial charge is 0.469 e. The molecule has 0 N–H and O–H groups in total. The molecule has 0 bridgehead atoms. The van der Waals surface area contributed by atoms with Crippen molar-refractivity contribution in [3.63, 3.8) is 0 Å². The molecule has 2 atom stereocenters. The fourth-order valence-electron chi connectivity index (χ4n) is 1.99. The second kappa shape index (κ2) is 6.35. The summed E-state index contributed by atoms with van der Waals surface area (Å²) in [5.74, 6) is -0.511. The highest BCUT2D eigenvalue weighted by Crippen LogP contribution is 2.32. The third kappa shape index (κ3) is 4.64. The molecule has 0 rings (SSSR count). The first kappa shape index (κ1) is 16.4. The Hall–Kier alpha value is -0.613. The number of methoxy groups -OCH3 is 1. The number of allylic oxidation sites excluding steroid dienone is 1.